The van der Waals surface area contributed by atoms with Crippen molar-refractivity contribution in [2.75, 3.05) is 20.2 Å². The van der Waals surface area contributed by atoms with Gasteiger partial charge in [-0.25, -0.2) is 4.79 Å². The zero-order chi connectivity index (χ0) is 11.5. The van der Waals surface area contributed by atoms with Crippen LogP contribution in [0.2, 0.25) is 0 Å². The summed E-state index contributed by atoms with van der Waals surface area (Å²) in [6.07, 6.45) is 9.10. The fraction of sp³-hybridized carbons (Fsp3) is 0.462. The molecule has 0 bridgehead atoms. The van der Waals surface area contributed by atoms with Crippen LogP contribution in [0.5, 0.6) is 0 Å². The molecule has 0 aromatic rings. The van der Waals surface area contributed by atoms with E-state index in [0.29, 0.717) is 5.92 Å². The van der Waals surface area contributed by atoms with Crippen LogP contribution < -0.4 is 0 Å². The van der Waals surface area contributed by atoms with Gasteiger partial charge >= 0.3 is 5.97 Å². The van der Waals surface area contributed by atoms with Crippen LogP contribution in [0.1, 0.15) is 6.42 Å². The fourth-order valence-corrected chi connectivity index (χ4v) is 2.49. The lowest BCUT2D eigenvalue weighted by Gasteiger charge is -2.33. The maximum absolute atomic E-state index is 11.7. The maximum atomic E-state index is 11.7. The first-order chi connectivity index (χ1) is 7.76. The van der Waals surface area contributed by atoms with Gasteiger partial charge in [-0.3, -0.25) is 0 Å². The largest absolute Gasteiger partial charge is 0.466 e. The molecule has 0 aromatic carbocycles. The van der Waals surface area contributed by atoms with Gasteiger partial charge in [-0.05, 0) is 12.3 Å². The molecule has 1 aliphatic heterocycles. The topological polar surface area (TPSA) is 29.5 Å². The molecular formula is C13H17NO2. The van der Waals surface area contributed by atoms with Crippen LogP contribution in [-0.2, 0) is 9.53 Å². The Kier molecular flexibility index (Phi) is 3.13. The third-order valence-electron chi connectivity index (χ3n) is 3.22. The number of esters is 1. The second-order valence-corrected chi connectivity index (χ2v) is 4.27. The zero-order valence-corrected chi connectivity index (χ0v) is 9.56. The van der Waals surface area contributed by atoms with E-state index in [4.69, 9.17) is 4.74 Å². The maximum Gasteiger partial charge on any atom is 0.335 e. The molecule has 86 valence electrons. The van der Waals surface area contributed by atoms with E-state index < -0.39 is 0 Å². The molecule has 0 N–H and O–H groups in total. The molecule has 0 saturated carbocycles. The number of ether oxygens (including phenoxy) is 1. The molecule has 2 atom stereocenters. The van der Waals surface area contributed by atoms with Gasteiger partial charge in [0.2, 0.25) is 0 Å². The first-order valence-corrected chi connectivity index (χ1v) is 5.58. The summed E-state index contributed by atoms with van der Waals surface area (Å²) in [4.78, 5) is 13.8. The average molecular weight is 219 g/mol. The van der Waals surface area contributed by atoms with E-state index in [1.807, 2.05) is 12.3 Å². The summed E-state index contributed by atoms with van der Waals surface area (Å²) in [5, 5.41) is 0. The number of hydrogen-bond donors (Lipinski definition) is 0. The molecule has 3 nitrogen and oxygen atoms in total. The SMILES string of the molecule is C=CCN1C=C(C(=O)OC)[C@H]2C=CC[C@H]2C1. The molecule has 0 spiro atoms. The first-order valence-electron chi connectivity index (χ1n) is 5.58. The van der Waals surface area contributed by atoms with Crippen LogP contribution in [0, 0.1) is 11.8 Å². The number of rotatable bonds is 3. The second-order valence-electron chi connectivity index (χ2n) is 4.27. The van der Waals surface area contributed by atoms with Crippen molar-refractivity contribution < 1.29 is 9.53 Å². The Hall–Kier alpha value is -1.51. The Balaban J connectivity index is 2.23. The fourth-order valence-electron chi connectivity index (χ4n) is 2.49. The lowest BCUT2D eigenvalue weighted by molar-refractivity contribution is -0.137. The molecule has 3 heteroatoms. The average Bonchev–Trinajstić information content (AvgIpc) is 2.75. The Morgan fingerprint density at radius 3 is 3.25 bits per heavy atom. The normalized spacial score (nSPS) is 27.3. The van der Waals surface area contributed by atoms with E-state index >= 15 is 0 Å². The van der Waals surface area contributed by atoms with Crippen molar-refractivity contribution in [3.8, 4) is 0 Å². The van der Waals surface area contributed by atoms with Gasteiger partial charge < -0.3 is 9.64 Å². The molecule has 0 fully saturated rings. The van der Waals surface area contributed by atoms with Crippen LogP contribution in [0.3, 0.4) is 0 Å². The van der Waals surface area contributed by atoms with Crippen molar-refractivity contribution in [2.45, 2.75) is 6.42 Å². The quantitative estimate of drug-likeness (QED) is 0.535. The highest BCUT2D eigenvalue weighted by Crippen LogP contribution is 2.36. The molecule has 0 unspecified atom stereocenters. The molecule has 1 heterocycles. The van der Waals surface area contributed by atoms with Gasteiger partial charge in [0.15, 0.2) is 0 Å². The number of hydrogen-bond acceptors (Lipinski definition) is 3. The molecule has 0 radical (unpaired) electrons. The highest BCUT2D eigenvalue weighted by Gasteiger charge is 2.34. The molecule has 2 rings (SSSR count). The van der Waals surface area contributed by atoms with Gasteiger partial charge in [0.05, 0.1) is 12.7 Å². The Labute approximate surface area is 96.1 Å². The molecule has 0 aromatic heterocycles. The zero-order valence-electron chi connectivity index (χ0n) is 9.56. The number of methoxy groups -OCH3 is 1. The van der Waals surface area contributed by atoms with Gasteiger partial charge in [-0.2, -0.15) is 0 Å². The lowest BCUT2D eigenvalue weighted by atomic mass is 9.86. The van der Waals surface area contributed by atoms with E-state index in [0.717, 1.165) is 25.1 Å². The molecule has 0 saturated heterocycles. The Morgan fingerprint density at radius 2 is 2.56 bits per heavy atom. The minimum absolute atomic E-state index is 0.213. The van der Waals surface area contributed by atoms with Crippen LogP contribution in [0.4, 0.5) is 0 Å². The number of carbonyl (C=O) groups excluding carboxylic acids is 1. The van der Waals surface area contributed by atoms with Crippen LogP contribution in [0.25, 0.3) is 0 Å². The molecule has 2 aliphatic rings. The van der Waals surface area contributed by atoms with Crippen LogP contribution in [-0.4, -0.2) is 31.1 Å². The van der Waals surface area contributed by atoms with E-state index in [1.165, 1.54) is 7.11 Å². The summed E-state index contributed by atoms with van der Waals surface area (Å²) in [5.74, 6) is 0.544. The number of allylic oxidation sites excluding steroid dienone is 2. The van der Waals surface area contributed by atoms with E-state index in [-0.39, 0.29) is 11.9 Å². The van der Waals surface area contributed by atoms with Crippen molar-refractivity contribution in [2.24, 2.45) is 11.8 Å². The van der Waals surface area contributed by atoms with Crippen LogP contribution >= 0.6 is 0 Å². The summed E-state index contributed by atoms with van der Waals surface area (Å²) in [5.41, 5.74) is 0.773. The van der Waals surface area contributed by atoms with Crippen molar-refractivity contribution >= 4 is 5.97 Å². The summed E-state index contributed by atoms with van der Waals surface area (Å²) in [7, 11) is 1.43. The van der Waals surface area contributed by atoms with Crippen molar-refractivity contribution in [1.29, 1.82) is 0 Å². The monoisotopic (exact) mass is 219 g/mol. The number of carbonyl (C=O) groups is 1. The van der Waals surface area contributed by atoms with Crippen molar-refractivity contribution in [3.63, 3.8) is 0 Å². The summed E-state index contributed by atoms with van der Waals surface area (Å²) >= 11 is 0. The van der Waals surface area contributed by atoms with Crippen molar-refractivity contribution in [3.05, 3.63) is 36.6 Å². The standard InChI is InChI=1S/C13H17NO2/c1-3-7-14-8-10-5-4-6-11(10)12(9-14)13(15)16-2/h3-4,6,9-11H,1,5,7-8H2,2H3/t10-,11-/m0/s1. The van der Waals surface area contributed by atoms with Gasteiger partial charge in [0, 0.05) is 25.2 Å². The smallest absolute Gasteiger partial charge is 0.335 e. The summed E-state index contributed by atoms with van der Waals surface area (Å²) in [6.45, 7) is 5.50. The van der Waals surface area contributed by atoms with E-state index in [2.05, 4.69) is 23.6 Å². The van der Waals surface area contributed by atoms with Crippen LogP contribution in [0.15, 0.2) is 36.6 Å². The third-order valence-corrected chi connectivity index (χ3v) is 3.22. The third kappa shape index (κ3) is 1.90. The number of nitrogens with zero attached hydrogens (tertiary/aromatic N) is 1. The van der Waals surface area contributed by atoms with Gasteiger partial charge in [0.25, 0.3) is 0 Å². The molecule has 1 aliphatic carbocycles. The Bertz CT molecular complexity index is 357. The molecule has 16 heavy (non-hydrogen) atoms. The van der Waals surface area contributed by atoms with E-state index in [1.54, 1.807) is 0 Å². The summed E-state index contributed by atoms with van der Waals surface area (Å²) in [6, 6.07) is 0. The van der Waals surface area contributed by atoms with E-state index in [9.17, 15) is 4.79 Å². The highest BCUT2D eigenvalue weighted by atomic mass is 16.5. The predicted octanol–water partition coefficient (Wildman–Crippen LogP) is 1.74. The number of fused-ring (bicyclic) bond motifs is 1. The van der Waals surface area contributed by atoms with Gasteiger partial charge in [-0.15, -0.1) is 6.58 Å². The second kappa shape index (κ2) is 4.56. The predicted molar refractivity (Wildman–Crippen MR) is 62.6 cm³/mol. The minimum atomic E-state index is -0.213. The lowest BCUT2D eigenvalue weighted by Crippen LogP contribution is -2.35. The van der Waals surface area contributed by atoms with Gasteiger partial charge in [-0.1, -0.05) is 18.2 Å². The molecular weight excluding hydrogens is 202 g/mol. The van der Waals surface area contributed by atoms with Gasteiger partial charge in [0.1, 0.15) is 0 Å². The summed E-state index contributed by atoms with van der Waals surface area (Å²) < 4.78 is 4.83. The first kappa shape index (κ1) is 11.0. The minimum Gasteiger partial charge on any atom is -0.466 e. The highest BCUT2D eigenvalue weighted by molar-refractivity contribution is 5.89. The Morgan fingerprint density at radius 1 is 1.75 bits per heavy atom. The molecule has 0 amide bonds. The van der Waals surface area contributed by atoms with Crippen molar-refractivity contribution in [1.82, 2.24) is 4.90 Å².